The average molecular weight is 358 g/mol. The van der Waals surface area contributed by atoms with Crippen molar-refractivity contribution in [3.63, 3.8) is 0 Å². The van der Waals surface area contributed by atoms with E-state index in [1.807, 2.05) is 25.3 Å². The van der Waals surface area contributed by atoms with Crippen LogP contribution >= 0.6 is 11.3 Å². The van der Waals surface area contributed by atoms with Crippen molar-refractivity contribution in [2.45, 2.75) is 40.0 Å². The maximum absolute atomic E-state index is 13.0. The molecule has 2 aromatic heterocycles. The van der Waals surface area contributed by atoms with E-state index in [0.29, 0.717) is 28.1 Å². The van der Waals surface area contributed by atoms with Crippen LogP contribution in [0.5, 0.6) is 5.75 Å². The molecule has 0 atom stereocenters. The van der Waals surface area contributed by atoms with E-state index in [2.05, 4.69) is 11.9 Å². The smallest absolute Gasteiger partial charge is 0.205 e. The summed E-state index contributed by atoms with van der Waals surface area (Å²) in [5, 5.41) is 2.99. The summed E-state index contributed by atoms with van der Waals surface area (Å²) >= 11 is 1.39. The molecule has 0 fully saturated rings. The van der Waals surface area contributed by atoms with Crippen LogP contribution in [0.3, 0.4) is 0 Å². The van der Waals surface area contributed by atoms with Gasteiger partial charge >= 0.3 is 0 Å². The molecule has 2 heterocycles. The molecule has 25 heavy (non-hydrogen) atoms. The highest BCUT2D eigenvalue weighted by molar-refractivity contribution is 7.13. The second kappa shape index (κ2) is 7.27. The molecule has 0 spiro atoms. The van der Waals surface area contributed by atoms with Crippen LogP contribution in [-0.2, 0) is 6.42 Å². The van der Waals surface area contributed by atoms with Gasteiger partial charge in [-0.05, 0) is 31.4 Å². The number of ether oxygens (including phenoxy) is 1. The molecule has 0 aliphatic rings. The fraction of sp³-hybridized carbons (Fsp3) is 0.368. The number of benzene rings is 1. The summed E-state index contributed by atoms with van der Waals surface area (Å²) in [7, 11) is 0. The zero-order chi connectivity index (χ0) is 18.0. The second-order valence-corrected chi connectivity index (χ2v) is 6.83. The van der Waals surface area contributed by atoms with Gasteiger partial charge in [-0.2, -0.15) is 0 Å². The van der Waals surface area contributed by atoms with Gasteiger partial charge in [-0.25, -0.2) is 4.98 Å². The number of unbranched alkanes of at least 4 members (excludes halogenated alkanes) is 1. The fourth-order valence-corrected chi connectivity index (χ4v) is 3.54. The Morgan fingerprint density at radius 2 is 2.12 bits per heavy atom. The Balaban J connectivity index is 2.15. The lowest BCUT2D eigenvalue weighted by molar-refractivity contribution is 0.306. The van der Waals surface area contributed by atoms with E-state index < -0.39 is 0 Å². The molecule has 0 bridgehead atoms. The molecule has 3 rings (SSSR count). The van der Waals surface area contributed by atoms with Crippen molar-refractivity contribution in [3.8, 4) is 16.3 Å². The van der Waals surface area contributed by atoms with Crippen LogP contribution in [0.2, 0.25) is 0 Å². The zero-order valence-corrected chi connectivity index (χ0v) is 15.5. The van der Waals surface area contributed by atoms with Gasteiger partial charge in [0.25, 0.3) is 0 Å². The normalized spacial score (nSPS) is 11.2. The van der Waals surface area contributed by atoms with Gasteiger partial charge in [0.2, 0.25) is 11.3 Å². The van der Waals surface area contributed by atoms with Crippen molar-refractivity contribution in [2.24, 2.45) is 0 Å². The molecule has 0 aliphatic heterocycles. The molecular formula is C19H22N2O3S. The van der Waals surface area contributed by atoms with Crippen LogP contribution in [0.15, 0.2) is 26.7 Å². The molecule has 2 N–H and O–H groups in total. The van der Waals surface area contributed by atoms with Gasteiger partial charge in [0.15, 0.2) is 0 Å². The first kappa shape index (κ1) is 17.5. The van der Waals surface area contributed by atoms with Crippen molar-refractivity contribution in [2.75, 3.05) is 12.3 Å². The summed E-state index contributed by atoms with van der Waals surface area (Å²) in [5.74, 6) is 0.847. The maximum Gasteiger partial charge on any atom is 0.205 e. The number of nitrogen functional groups attached to an aromatic ring is 1. The van der Waals surface area contributed by atoms with E-state index in [9.17, 15) is 4.79 Å². The van der Waals surface area contributed by atoms with Gasteiger partial charge in [0.1, 0.15) is 21.9 Å². The predicted octanol–water partition coefficient (Wildman–Crippen LogP) is 4.55. The number of rotatable bonds is 6. The number of aryl methyl sites for hydroxylation is 2. The summed E-state index contributed by atoms with van der Waals surface area (Å²) in [5.41, 5.74) is 8.51. The molecule has 0 saturated carbocycles. The summed E-state index contributed by atoms with van der Waals surface area (Å²) in [6.45, 7) is 6.68. The summed E-state index contributed by atoms with van der Waals surface area (Å²) in [4.78, 5) is 17.4. The third-order valence-electron chi connectivity index (χ3n) is 4.07. The largest absolute Gasteiger partial charge is 0.493 e. The zero-order valence-electron chi connectivity index (χ0n) is 14.7. The molecule has 0 saturated heterocycles. The van der Waals surface area contributed by atoms with E-state index in [-0.39, 0.29) is 11.3 Å². The quantitative estimate of drug-likeness (QED) is 0.654. The maximum atomic E-state index is 13.0. The number of nitrogens with two attached hydrogens (primary N) is 1. The van der Waals surface area contributed by atoms with Crippen molar-refractivity contribution in [1.29, 1.82) is 0 Å². The molecule has 132 valence electrons. The minimum absolute atomic E-state index is 0.0932. The van der Waals surface area contributed by atoms with Gasteiger partial charge in [0.05, 0.1) is 12.0 Å². The van der Waals surface area contributed by atoms with Crippen LogP contribution in [0.25, 0.3) is 21.5 Å². The summed E-state index contributed by atoms with van der Waals surface area (Å²) in [6.07, 6.45) is 2.82. The molecule has 0 radical (unpaired) electrons. The Bertz CT molecular complexity index is 959. The van der Waals surface area contributed by atoms with E-state index >= 15 is 0 Å². The number of hydrogen-bond donors (Lipinski definition) is 1. The number of fused-ring (bicyclic) bond motifs is 1. The van der Waals surface area contributed by atoms with Gasteiger partial charge in [-0.1, -0.05) is 20.3 Å². The highest BCUT2D eigenvalue weighted by Crippen LogP contribution is 2.32. The van der Waals surface area contributed by atoms with Crippen molar-refractivity contribution in [1.82, 2.24) is 4.98 Å². The minimum Gasteiger partial charge on any atom is -0.493 e. The SMILES string of the molecule is CCCCOc1cc2oc(N)c(-c3nc(C)cs3)c(=O)c2cc1CC. The topological polar surface area (TPSA) is 78.3 Å². The first-order valence-electron chi connectivity index (χ1n) is 8.49. The summed E-state index contributed by atoms with van der Waals surface area (Å²) in [6, 6.07) is 3.63. The van der Waals surface area contributed by atoms with Gasteiger partial charge in [0, 0.05) is 17.1 Å². The van der Waals surface area contributed by atoms with Crippen molar-refractivity contribution in [3.05, 3.63) is 39.0 Å². The Morgan fingerprint density at radius 3 is 2.76 bits per heavy atom. The van der Waals surface area contributed by atoms with Crippen LogP contribution < -0.4 is 15.9 Å². The standard InChI is InChI=1S/C19H22N2O3S/c1-4-6-7-23-14-9-15-13(8-12(14)5-2)17(22)16(18(20)24-15)19-21-11(3)10-25-19/h8-10H,4-7,20H2,1-3H3. The Hall–Kier alpha value is -2.34. The van der Waals surface area contributed by atoms with Crippen molar-refractivity contribution < 1.29 is 9.15 Å². The molecule has 6 heteroatoms. The molecular weight excluding hydrogens is 336 g/mol. The highest BCUT2D eigenvalue weighted by atomic mass is 32.1. The van der Waals surface area contributed by atoms with Crippen LogP contribution in [0, 0.1) is 6.92 Å². The Labute approximate surface area is 150 Å². The highest BCUT2D eigenvalue weighted by Gasteiger charge is 2.18. The van der Waals surface area contributed by atoms with Gasteiger partial charge in [-0.15, -0.1) is 11.3 Å². The van der Waals surface area contributed by atoms with Crippen molar-refractivity contribution >= 4 is 28.2 Å². The van der Waals surface area contributed by atoms with Crippen LogP contribution in [0.4, 0.5) is 5.88 Å². The molecule has 5 nitrogen and oxygen atoms in total. The Morgan fingerprint density at radius 1 is 1.32 bits per heavy atom. The second-order valence-electron chi connectivity index (χ2n) is 5.98. The first-order valence-corrected chi connectivity index (χ1v) is 9.37. The van der Waals surface area contributed by atoms with E-state index in [1.54, 1.807) is 6.07 Å². The number of anilines is 1. The molecule has 0 aliphatic carbocycles. The van der Waals surface area contributed by atoms with Crippen LogP contribution in [0.1, 0.15) is 37.9 Å². The average Bonchev–Trinajstić information content (AvgIpc) is 3.00. The van der Waals surface area contributed by atoms with E-state index in [1.165, 1.54) is 11.3 Å². The van der Waals surface area contributed by atoms with Gasteiger partial charge in [-0.3, -0.25) is 4.79 Å². The molecule has 1 aromatic carbocycles. The Kier molecular flexibility index (Phi) is 5.08. The number of aromatic nitrogens is 1. The third-order valence-corrected chi connectivity index (χ3v) is 5.05. The monoisotopic (exact) mass is 358 g/mol. The van der Waals surface area contributed by atoms with Gasteiger partial charge < -0.3 is 14.9 Å². The lowest BCUT2D eigenvalue weighted by Gasteiger charge is -2.12. The van der Waals surface area contributed by atoms with Crippen LogP contribution in [-0.4, -0.2) is 11.6 Å². The minimum atomic E-state index is -0.150. The lowest BCUT2D eigenvalue weighted by atomic mass is 10.1. The fourth-order valence-electron chi connectivity index (χ4n) is 2.69. The predicted molar refractivity (Wildman–Crippen MR) is 103 cm³/mol. The molecule has 3 aromatic rings. The number of hydrogen-bond acceptors (Lipinski definition) is 6. The number of nitrogens with zero attached hydrogens (tertiary/aromatic N) is 1. The van der Waals surface area contributed by atoms with E-state index in [0.717, 1.165) is 36.3 Å². The molecule has 0 unspecified atom stereocenters. The number of thiazole rings is 1. The van der Waals surface area contributed by atoms with E-state index in [4.69, 9.17) is 14.9 Å². The molecule has 0 amide bonds. The summed E-state index contributed by atoms with van der Waals surface area (Å²) < 4.78 is 11.6. The first-order chi connectivity index (χ1) is 12.0. The lowest BCUT2D eigenvalue weighted by Crippen LogP contribution is -2.10. The third kappa shape index (κ3) is 3.39.